The van der Waals surface area contributed by atoms with Crippen LogP contribution in [0.15, 0.2) is 42.6 Å². The number of aromatic nitrogens is 1. The molecule has 0 bridgehead atoms. The summed E-state index contributed by atoms with van der Waals surface area (Å²) in [4.78, 5) is 15.9. The number of rotatable bonds is 3. The number of amides is 1. The van der Waals surface area contributed by atoms with Gasteiger partial charge in [-0.15, -0.1) is 0 Å². The van der Waals surface area contributed by atoms with E-state index in [1.54, 1.807) is 24.3 Å². The topological polar surface area (TPSA) is 54.0 Å². The minimum Gasteiger partial charge on any atom is -0.388 e. The largest absolute Gasteiger partial charge is 0.388 e. The Morgan fingerprint density at radius 2 is 1.89 bits per heavy atom. The van der Waals surface area contributed by atoms with Crippen LogP contribution in [0.3, 0.4) is 0 Å². The summed E-state index contributed by atoms with van der Waals surface area (Å²) in [6.45, 7) is 0. The molecule has 92 valence electrons. The highest BCUT2D eigenvalue weighted by atomic mass is 35.5. The average molecular weight is 262 g/mol. The lowest BCUT2D eigenvalue weighted by molar-refractivity contribution is 0.102. The molecule has 0 radical (unpaired) electrons. The van der Waals surface area contributed by atoms with E-state index in [1.165, 1.54) is 6.20 Å². The fourth-order valence-corrected chi connectivity index (χ4v) is 1.54. The molecule has 1 heterocycles. The Kier molecular flexibility index (Phi) is 3.79. The minimum absolute atomic E-state index is 0.201. The molecule has 0 aliphatic rings. The zero-order valence-electron chi connectivity index (χ0n) is 9.77. The van der Waals surface area contributed by atoms with Gasteiger partial charge in [-0.3, -0.25) is 4.79 Å². The second-order valence-electron chi connectivity index (χ2n) is 3.64. The Morgan fingerprint density at radius 3 is 2.44 bits per heavy atom. The molecular weight excluding hydrogens is 250 g/mol. The van der Waals surface area contributed by atoms with E-state index < -0.39 is 0 Å². The number of hydrogen-bond acceptors (Lipinski definition) is 3. The first-order valence-corrected chi connectivity index (χ1v) is 5.77. The van der Waals surface area contributed by atoms with Gasteiger partial charge in [0.2, 0.25) is 0 Å². The quantitative estimate of drug-likeness (QED) is 0.893. The predicted molar refractivity (Wildman–Crippen MR) is 73.2 cm³/mol. The van der Waals surface area contributed by atoms with E-state index in [0.29, 0.717) is 16.4 Å². The van der Waals surface area contributed by atoms with Gasteiger partial charge >= 0.3 is 0 Å². The molecule has 0 unspecified atom stereocenters. The van der Waals surface area contributed by atoms with E-state index in [9.17, 15) is 4.79 Å². The number of nitrogens with zero attached hydrogens (tertiary/aromatic N) is 1. The molecule has 1 amide bonds. The van der Waals surface area contributed by atoms with Crippen LogP contribution in [0.4, 0.5) is 11.5 Å². The normalized spacial score (nSPS) is 9.89. The van der Waals surface area contributed by atoms with Gasteiger partial charge in [0.15, 0.2) is 0 Å². The standard InChI is InChI=1S/C13H12ClN3O/c1-15-11-5-2-9(3-6-11)13(18)17-12-7-4-10(14)8-16-12/h2-8,15H,1H3,(H,16,17,18). The summed E-state index contributed by atoms with van der Waals surface area (Å²) in [6, 6.07) is 10.5. The maximum Gasteiger partial charge on any atom is 0.256 e. The van der Waals surface area contributed by atoms with Crippen LogP contribution in [0.25, 0.3) is 0 Å². The molecule has 0 saturated heterocycles. The van der Waals surface area contributed by atoms with E-state index in [-0.39, 0.29) is 5.91 Å². The number of carbonyl (C=O) groups is 1. The van der Waals surface area contributed by atoms with Crippen LogP contribution in [-0.4, -0.2) is 17.9 Å². The molecule has 2 aromatic rings. The van der Waals surface area contributed by atoms with E-state index in [1.807, 2.05) is 19.2 Å². The molecule has 5 heteroatoms. The van der Waals surface area contributed by atoms with Gasteiger partial charge in [0.05, 0.1) is 5.02 Å². The molecule has 0 saturated carbocycles. The molecule has 2 N–H and O–H groups in total. The Morgan fingerprint density at radius 1 is 1.17 bits per heavy atom. The van der Waals surface area contributed by atoms with Crippen molar-refractivity contribution in [3.63, 3.8) is 0 Å². The molecule has 1 aromatic carbocycles. The Bertz CT molecular complexity index is 537. The molecule has 0 spiro atoms. The summed E-state index contributed by atoms with van der Waals surface area (Å²) in [5, 5.41) is 6.22. The third-order valence-corrected chi connectivity index (χ3v) is 2.63. The third-order valence-electron chi connectivity index (χ3n) is 2.40. The number of pyridine rings is 1. The van der Waals surface area contributed by atoms with Crippen LogP contribution in [0, 0.1) is 0 Å². The molecule has 4 nitrogen and oxygen atoms in total. The number of halogens is 1. The molecule has 18 heavy (non-hydrogen) atoms. The van der Waals surface area contributed by atoms with Gasteiger partial charge in [-0.05, 0) is 36.4 Å². The molecule has 0 atom stereocenters. The Balaban J connectivity index is 2.09. The highest BCUT2D eigenvalue weighted by Crippen LogP contribution is 2.12. The smallest absolute Gasteiger partial charge is 0.256 e. The first kappa shape index (κ1) is 12.4. The summed E-state index contributed by atoms with van der Waals surface area (Å²) >= 11 is 5.72. The van der Waals surface area contributed by atoms with Gasteiger partial charge < -0.3 is 10.6 Å². The lowest BCUT2D eigenvalue weighted by Crippen LogP contribution is -2.12. The maximum atomic E-state index is 11.9. The first-order chi connectivity index (χ1) is 8.69. The van der Waals surface area contributed by atoms with E-state index in [4.69, 9.17) is 11.6 Å². The van der Waals surface area contributed by atoms with Gasteiger partial charge in [0.25, 0.3) is 5.91 Å². The van der Waals surface area contributed by atoms with Gasteiger partial charge in [0.1, 0.15) is 5.82 Å². The maximum absolute atomic E-state index is 11.9. The average Bonchev–Trinajstić information content (AvgIpc) is 2.41. The van der Waals surface area contributed by atoms with E-state index in [2.05, 4.69) is 15.6 Å². The second-order valence-corrected chi connectivity index (χ2v) is 4.08. The van der Waals surface area contributed by atoms with Crippen LogP contribution in [0.2, 0.25) is 5.02 Å². The fourth-order valence-electron chi connectivity index (χ4n) is 1.43. The predicted octanol–water partition coefficient (Wildman–Crippen LogP) is 3.03. The van der Waals surface area contributed by atoms with Crippen LogP contribution in [-0.2, 0) is 0 Å². The number of hydrogen-bond donors (Lipinski definition) is 2. The molecule has 1 aromatic heterocycles. The Hall–Kier alpha value is -2.07. The molecule has 2 rings (SSSR count). The summed E-state index contributed by atoms with van der Waals surface area (Å²) in [5.41, 5.74) is 1.53. The summed E-state index contributed by atoms with van der Waals surface area (Å²) in [7, 11) is 1.83. The lowest BCUT2D eigenvalue weighted by Gasteiger charge is -2.05. The zero-order chi connectivity index (χ0) is 13.0. The van der Waals surface area contributed by atoms with Crippen molar-refractivity contribution in [1.29, 1.82) is 0 Å². The molecular formula is C13H12ClN3O. The zero-order valence-corrected chi connectivity index (χ0v) is 10.5. The van der Waals surface area contributed by atoms with Crippen LogP contribution in [0.1, 0.15) is 10.4 Å². The second kappa shape index (κ2) is 5.51. The van der Waals surface area contributed by atoms with Crippen LogP contribution in [0.5, 0.6) is 0 Å². The highest BCUT2D eigenvalue weighted by molar-refractivity contribution is 6.30. The van der Waals surface area contributed by atoms with Crippen molar-refractivity contribution in [1.82, 2.24) is 4.98 Å². The van der Waals surface area contributed by atoms with Gasteiger partial charge in [-0.2, -0.15) is 0 Å². The lowest BCUT2D eigenvalue weighted by atomic mass is 10.2. The summed E-state index contributed by atoms with van der Waals surface area (Å²) in [6.07, 6.45) is 1.49. The van der Waals surface area contributed by atoms with E-state index in [0.717, 1.165) is 5.69 Å². The van der Waals surface area contributed by atoms with Crippen molar-refractivity contribution >= 4 is 29.0 Å². The summed E-state index contributed by atoms with van der Waals surface area (Å²) < 4.78 is 0. The molecule has 0 aliphatic carbocycles. The van der Waals surface area contributed by atoms with Crippen molar-refractivity contribution in [2.45, 2.75) is 0 Å². The molecule has 0 aliphatic heterocycles. The van der Waals surface area contributed by atoms with Crippen molar-refractivity contribution in [2.24, 2.45) is 0 Å². The molecule has 0 fully saturated rings. The van der Waals surface area contributed by atoms with Crippen molar-refractivity contribution in [3.8, 4) is 0 Å². The van der Waals surface area contributed by atoms with Crippen molar-refractivity contribution in [2.75, 3.05) is 17.7 Å². The fraction of sp³-hybridized carbons (Fsp3) is 0.0769. The van der Waals surface area contributed by atoms with Crippen molar-refractivity contribution < 1.29 is 4.79 Å². The third kappa shape index (κ3) is 2.99. The number of carbonyl (C=O) groups excluding carboxylic acids is 1. The van der Waals surface area contributed by atoms with Crippen LogP contribution < -0.4 is 10.6 Å². The first-order valence-electron chi connectivity index (χ1n) is 5.40. The van der Waals surface area contributed by atoms with Crippen LogP contribution >= 0.6 is 11.6 Å². The van der Waals surface area contributed by atoms with Gasteiger partial charge in [0, 0.05) is 24.5 Å². The van der Waals surface area contributed by atoms with Crippen molar-refractivity contribution in [3.05, 3.63) is 53.2 Å². The monoisotopic (exact) mass is 261 g/mol. The van der Waals surface area contributed by atoms with E-state index >= 15 is 0 Å². The number of anilines is 2. The highest BCUT2D eigenvalue weighted by Gasteiger charge is 2.06. The number of benzene rings is 1. The Labute approximate surface area is 110 Å². The summed E-state index contributed by atoms with van der Waals surface area (Å²) in [5.74, 6) is 0.273. The van der Waals surface area contributed by atoms with Gasteiger partial charge in [-0.1, -0.05) is 11.6 Å². The SMILES string of the molecule is CNc1ccc(C(=O)Nc2ccc(Cl)cn2)cc1. The minimum atomic E-state index is -0.201. The van der Waals surface area contributed by atoms with Gasteiger partial charge in [-0.25, -0.2) is 4.98 Å². The number of nitrogens with one attached hydrogen (secondary N) is 2.